The van der Waals surface area contributed by atoms with Crippen molar-refractivity contribution in [2.24, 2.45) is 10.7 Å². The summed E-state index contributed by atoms with van der Waals surface area (Å²) in [5, 5.41) is 3.18. The standard InChI is InChI=1S/C17H19FN4O2S/c1-3-17(6-7-25-16(19)22-17)12-8-11(4-5-13(12)18)21-15(23)14-9-24-10(2)20-14/h4-5,8-9H,3,6-7H2,1-2H3,(H2,19,22)(H,21,23). The largest absolute Gasteiger partial charge is 0.448 e. The van der Waals surface area contributed by atoms with Crippen LogP contribution < -0.4 is 11.1 Å². The number of carbonyl (C=O) groups is 1. The van der Waals surface area contributed by atoms with Crippen LogP contribution in [0.4, 0.5) is 10.1 Å². The van der Waals surface area contributed by atoms with E-state index in [-0.39, 0.29) is 11.5 Å². The lowest BCUT2D eigenvalue weighted by Crippen LogP contribution is -2.32. The van der Waals surface area contributed by atoms with Gasteiger partial charge in [0.2, 0.25) is 0 Å². The van der Waals surface area contributed by atoms with E-state index in [1.165, 1.54) is 30.2 Å². The van der Waals surface area contributed by atoms with Crippen LogP contribution >= 0.6 is 11.8 Å². The van der Waals surface area contributed by atoms with Gasteiger partial charge in [-0.05, 0) is 31.0 Å². The van der Waals surface area contributed by atoms with Gasteiger partial charge in [0.05, 0.1) is 5.54 Å². The third kappa shape index (κ3) is 3.53. The fraction of sp³-hybridized carbons (Fsp3) is 0.353. The number of halogens is 1. The van der Waals surface area contributed by atoms with Crippen molar-refractivity contribution in [3.05, 3.63) is 47.4 Å². The first-order chi connectivity index (χ1) is 11.9. The molecule has 0 radical (unpaired) electrons. The van der Waals surface area contributed by atoms with E-state index in [4.69, 9.17) is 10.2 Å². The summed E-state index contributed by atoms with van der Waals surface area (Å²) in [7, 11) is 0. The number of amides is 1. The molecule has 1 aliphatic heterocycles. The van der Waals surface area contributed by atoms with Crippen molar-refractivity contribution in [2.45, 2.75) is 32.2 Å². The molecule has 1 amide bonds. The van der Waals surface area contributed by atoms with E-state index in [9.17, 15) is 9.18 Å². The average molecular weight is 362 g/mol. The molecule has 8 heteroatoms. The lowest BCUT2D eigenvalue weighted by Gasteiger charge is -2.33. The second-order valence-corrected chi connectivity index (χ2v) is 6.95. The summed E-state index contributed by atoms with van der Waals surface area (Å²) >= 11 is 1.47. The predicted molar refractivity (Wildman–Crippen MR) is 96.3 cm³/mol. The number of nitrogens with one attached hydrogen (secondary N) is 1. The number of aryl methyl sites for hydroxylation is 1. The maximum atomic E-state index is 14.5. The summed E-state index contributed by atoms with van der Waals surface area (Å²) in [6, 6.07) is 4.47. The number of benzene rings is 1. The third-order valence-corrected chi connectivity index (χ3v) is 5.05. The van der Waals surface area contributed by atoms with Crippen molar-refractivity contribution in [3.8, 4) is 0 Å². The number of oxazole rings is 1. The molecule has 25 heavy (non-hydrogen) atoms. The van der Waals surface area contributed by atoms with E-state index in [0.717, 1.165) is 5.75 Å². The number of amidine groups is 1. The minimum atomic E-state index is -0.704. The number of thioether (sulfide) groups is 1. The Hall–Kier alpha value is -2.35. The molecular weight excluding hydrogens is 343 g/mol. The first kappa shape index (κ1) is 17.5. The van der Waals surface area contributed by atoms with E-state index < -0.39 is 11.4 Å². The van der Waals surface area contributed by atoms with Gasteiger partial charge in [-0.2, -0.15) is 0 Å². The SMILES string of the molecule is CCC1(c2cc(NC(=O)c3coc(C)n3)ccc2F)CCSC(N)=N1. The number of carbonyl (C=O) groups excluding carboxylic acids is 1. The Morgan fingerprint density at radius 3 is 2.96 bits per heavy atom. The number of aliphatic imine (C=N–C) groups is 1. The second-order valence-electron chi connectivity index (χ2n) is 5.83. The van der Waals surface area contributed by atoms with Gasteiger partial charge < -0.3 is 15.5 Å². The van der Waals surface area contributed by atoms with Gasteiger partial charge in [-0.1, -0.05) is 18.7 Å². The Labute approximate surface area is 149 Å². The lowest BCUT2D eigenvalue weighted by atomic mass is 9.84. The van der Waals surface area contributed by atoms with Crippen LogP contribution in [0, 0.1) is 12.7 Å². The van der Waals surface area contributed by atoms with Crippen LogP contribution in [0.2, 0.25) is 0 Å². The summed E-state index contributed by atoms with van der Waals surface area (Å²) in [6.45, 7) is 3.61. The first-order valence-electron chi connectivity index (χ1n) is 7.95. The molecule has 1 aromatic heterocycles. The normalized spacial score (nSPS) is 20.2. The van der Waals surface area contributed by atoms with E-state index in [2.05, 4.69) is 15.3 Å². The summed E-state index contributed by atoms with van der Waals surface area (Å²) < 4.78 is 19.6. The summed E-state index contributed by atoms with van der Waals surface area (Å²) in [6.07, 6.45) is 2.59. The van der Waals surface area contributed by atoms with E-state index >= 15 is 0 Å². The van der Waals surface area contributed by atoms with Crippen LogP contribution in [0.15, 0.2) is 33.9 Å². The summed E-state index contributed by atoms with van der Waals surface area (Å²) in [4.78, 5) is 20.7. The molecule has 2 heterocycles. The van der Waals surface area contributed by atoms with Crippen LogP contribution in [-0.4, -0.2) is 21.8 Å². The maximum absolute atomic E-state index is 14.5. The van der Waals surface area contributed by atoms with Crippen LogP contribution in [-0.2, 0) is 5.54 Å². The average Bonchev–Trinajstić information content (AvgIpc) is 3.03. The fourth-order valence-corrected chi connectivity index (χ4v) is 3.78. The van der Waals surface area contributed by atoms with Gasteiger partial charge in [0.1, 0.15) is 12.1 Å². The number of nitrogens with zero attached hydrogens (tertiary/aromatic N) is 2. The van der Waals surface area contributed by atoms with Gasteiger partial charge in [-0.15, -0.1) is 0 Å². The Morgan fingerprint density at radius 1 is 1.52 bits per heavy atom. The van der Waals surface area contributed by atoms with Gasteiger partial charge in [-0.3, -0.25) is 9.79 Å². The number of hydrogen-bond donors (Lipinski definition) is 2. The Kier molecular flexibility index (Phi) is 4.80. The Bertz CT molecular complexity index is 836. The van der Waals surface area contributed by atoms with Gasteiger partial charge in [0, 0.05) is 23.9 Å². The number of rotatable bonds is 4. The highest BCUT2D eigenvalue weighted by Crippen LogP contribution is 2.40. The predicted octanol–water partition coefficient (Wildman–Crippen LogP) is 3.43. The molecule has 0 bridgehead atoms. The van der Waals surface area contributed by atoms with E-state index in [1.807, 2.05) is 6.92 Å². The zero-order valence-electron chi connectivity index (χ0n) is 14.0. The molecule has 0 saturated heterocycles. The number of aromatic nitrogens is 1. The van der Waals surface area contributed by atoms with Gasteiger partial charge >= 0.3 is 0 Å². The van der Waals surface area contributed by atoms with Gasteiger partial charge in [-0.25, -0.2) is 9.37 Å². The summed E-state index contributed by atoms with van der Waals surface area (Å²) in [5.74, 6) is 0.402. The topological polar surface area (TPSA) is 93.5 Å². The Balaban J connectivity index is 1.93. The first-order valence-corrected chi connectivity index (χ1v) is 8.94. The smallest absolute Gasteiger partial charge is 0.277 e. The molecule has 0 fully saturated rings. The molecule has 3 rings (SSSR count). The molecule has 1 atom stereocenters. The monoisotopic (exact) mass is 362 g/mol. The molecular formula is C17H19FN4O2S. The second kappa shape index (κ2) is 6.87. The van der Waals surface area contributed by atoms with Crippen molar-refractivity contribution in [3.63, 3.8) is 0 Å². The van der Waals surface area contributed by atoms with E-state index in [0.29, 0.717) is 35.2 Å². The van der Waals surface area contributed by atoms with Crippen LogP contribution in [0.5, 0.6) is 0 Å². The fourth-order valence-electron chi connectivity index (χ4n) is 2.89. The van der Waals surface area contributed by atoms with Gasteiger partial charge in [0.25, 0.3) is 5.91 Å². The molecule has 1 aromatic carbocycles. The molecule has 0 spiro atoms. The minimum Gasteiger partial charge on any atom is -0.448 e. The number of nitrogens with two attached hydrogens (primary N) is 1. The van der Waals surface area contributed by atoms with Crippen LogP contribution in [0.1, 0.15) is 41.7 Å². The Morgan fingerprint density at radius 2 is 2.32 bits per heavy atom. The molecule has 0 saturated carbocycles. The van der Waals surface area contributed by atoms with Crippen LogP contribution in [0.25, 0.3) is 0 Å². The van der Waals surface area contributed by atoms with Crippen molar-refractivity contribution in [1.29, 1.82) is 0 Å². The molecule has 0 aliphatic carbocycles. The molecule has 132 valence electrons. The molecule has 3 N–H and O–H groups in total. The minimum absolute atomic E-state index is 0.171. The van der Waals surface area contributed by atoms with Crippen LogP contribution in [0.3, 0.4) is 0 Å². The highest BCUT2D eigenvalue weighted by Gasteiger charge is 2.35. The number of anilines is 1. The quantitative estimate of drug-likeness (QED) is 0.869. The highest BCUT2D eigenvalue weighted by molar-refractivity contribution is 8.13. The maximum Gasteiger partial charge on any atom is 0.277 e. The molecule has 1 unspecified atom stereocenters. The molecule has 2 aromatic rings. The van der Waals surface area contributed by atoms with E-state index in [1.54, 1.807) is 13.0 Å². The third-order valence-electron chi connectivity index (χ3n) is 4.25. The van der Waals surface area contributed by atoms with Crippen molar-refractivity contribution >= 4 is 28.5 Å². The highest BCUT2D eigenvalue weighted by atomic mass is 32.2. The summed E-state index contributed by atoms with van der Waals surface area (Å²) in [5.41, 5.74) is 6.25. The van der Waals surface area contributed by atoms with Gasteiger partial charge in [0.15, 0.2) is 16.8 Å². The van der Waals surface area contributed by atoms with Crippen molar-refractivity contribution < 1.29 is 13.6 Å². The van der Waals surface area contributed by atoms with Crippen molar-refractivity contribution in [2.75, 3.05) is 11.1 Å². The lowest BCUT2D eigenvalue weighted by molar-refractivity contribution is 0.102. The molecule has 1 aliphatic rings. The zero-order valence-corrected chi connectivity index (χ0v) is 14.8. The van der Waals surface area contributed by atoms with Crippen molar-refractivity contribution in [1.82, 2.24) is 4.98 Å². The zero-order chi connectivity index (χ0) is 18.0. The number of hydrogen-bond acceptors (Lipinski definition) is 6. The molecule has 6 nitrogen and oxygen atoms in total.